The summed E-state index contributed by atoms with van der Waals surface area (Å²) >= 11 is 0. The van der Waals surface area contributed by atoms with Crippen LogP contribution < -0.4 is 4.74 Å². The van der Waals surface area contributed by atoms with Gasteiger partial charge in [0.2, 0.25) is 11.8 Å². The lowest BCUT2D eigenvalue weighted by Gasteiger charge is -2.31. The predicted molar refractivity (Wildman–Crippen MR) is 120 cm³/mol. The summed E-state index contributed by atoms with van der Waals surface area (Å²) in [6.07, 6.45) is 0.589. The van der Waals surface area contributed by atoms with Gasteiger partial charge in [-0.1, -0.05) is 55.5 Å². The number of para-hydroxylation sites is 1. The minimum atomic E-state index is -0.964. The van der Waals surface area contributed by atoms with Gasteiger partial charge in [0.05, 0.1) is 0 Å². The minimum absolute atomic E-state index is 0.296. The van der Waals surface area contributed by atoms with Crippen LogP contribution in [0.5, 0.6) is 5.75 Å². The lowest BCUT2D eigenvalue weighted by molar-refractivity contribution is -0.139. The van der Waals surface area contributed by atoms with E-state index in [0.717, 1.165) is 11.1 Å². The second kappa shape index (κ2) is 9.18. The summed E-state index contributed by atoms with van der Waals surface area (Å²) in [7, 11) is 0. The van der Waals surface area contributed by atoms with Gasteiger partial charge in [0.25, 0.3) is 0 Å². The molecule has 0 spiro atoms. The Morgan fingerprint density at radius 1 is 1.06 bits per heavy atom. The standard InChI is InChI=1S/C25H25N3O4/c1-4-20-27-28-24(32-20)21-15(2)26-16(3)22(25(29)30)23(21)18-12-8-9-13-19(18)31-14-17-10-6-5-7-11-17/h5-13,22-23H,4,14H2,1-3H3,(H,29,30). The van der Waals surface area contributed by atoms with E-state index in [9.17, 15) is 9.90 Å². The smallest absolute Gasteiger partial charge is 0.313 e. The second-order valence-electron chi connectivity index (χ2n) is 7.71. The number of aliphatic imine (C=N–C) groups is 1. The highest BCUT2D eigenvalue weighted by Gasteiger charge is 2.42. The van der Waals surface area contributed by atoms with Crippen LogP contribution in [0.1, 0.15) is 49.6 Å². The Kier molecular flexibility index (Phi) is 6.16. The predicted octanol–water partition coefficient (Wildman–Crippen LogP) is 4.90. The van der Waals surface area contributed by atoms with Gasteiger partial charge < -0.3 is 14.3 Å². The van der Waals surface area contributed by atoms with Crippen LogP contribution in [0, 0.1) is 5.92 Å². The number of allylic oxidation sites excluding steroid dienone is 2. The summed E-state index contributed by atoms with van der Waals surface area (Å²) in [6.45, 7) is 5.87. The van der Waals surface area contributed by atoms with Crippen molar-refractivity contribution in [3.05, 3.63) is 83.2 Å². The van der Waals surface area contributed by atoms with Gasteiger partial charge in [-0.3, -0.25) is 9.79 Å². The number of rotatable bonds is 7. The molecule has 1 aliphatic heterocycles. The van der Waals surface area contributed by atoms with Crippen molar-refractivity contribution in [1.29, 1.82) is 0 Å². The Hall–Kier alpha value is -3.74. The third-order valence-corrected chi connectivity index (χ3v) is 5.59. The maximum Gasteiger partial charge on any atom is 0.313 e. The summed E-state index contributed by atoms with van der Waals surface area (Å²) in [4.78, 5) is 16.9. The van der Waals surface area contributed by atoms with Crippen molar-refractivity contribution in [1.82, 2.24) is 10.2 Å². The molecule has 3 aromatic rings. The zero-order valence-electron chi connectivity index (χ0n) is 18.3. The van der Waals surface area contributed by atoms with E-state index in [4.69, 9.17) is 9.15 Å². The molecule has 164 valence electrons. The highest BCUT2D eigenvalue weighted by Crippen LogP contribution is 2.46. The molecule has 2 atom stereocenters. The van der Waals surface area contributed by atoms with E-state index in [-0.39, 0.29) is 0 Å². The fourth-order valence-electron chi connectivity index (χ4n) is 4.08. The van der Waals surface area contributed by atoms with Crippen molar-refractivity contribution >= 4 is 17.3 Å². The number of carboxylic acid groups (broad SMARTS) is 1. The first-order valence-corrected chi connectivity index (χ1v) is 10.6. The summed E-state index contributed by atoms with van der Waals surface area (Å²) in [6, 6.07) is 17.3. The summed E-state index contributed by atoms with van der Waals surface area (Å²) in [5, 5.41) is 18.4. The lowest BCUT2D eigenvalue weighted by atomic mass is 9.75. The molecular formula is C25H25N3O4. The van der Waals surface area contributed by atoms with Crippen molar-refractivity contribution in [2.45, 2.75) is 39.7 Å². The molecule has 32 heavy (non-hydrogen) atoms. The number of hydrogen-bond acceptors (Lipinski definition) is 6. The Morgan fingerprint density at radius 3 is 2.47 bits per heavy atom. The molecule has 2 heterocycles. The molecule has 4 rings (SSSR count). The molecule has 0 aliphatic carbocycles. The molecule has 0 saturated heterocycles. The summed E-state index contributed by atoms with van der Waals surface area (Å²) in [5.74, 6) is -1.03. The van der Waals surface area contributed by atoms with E-state index < -0.39 is 17.8 Å². The monoisotopic (exact) mass is 431 g/mol. The largest absolute Gasteiger partial charge is 0.489 e. The molecule has 7 heteroatoms. The van der Waals surface area contributed by atoms with Gasteiger partial charge in [-0.2, -0.15) is 0 Å². The van der Waals surface area contributed by atoms with Gasteiger partial charge in [0.15, 0.2) is 0 Å². The first-order chi connectivity index (χ1) is 15.5. The zero-order chi connectivity index (χ0) is 22.7. The number of ether oxygens (including phenoxy) is 1. The normalized spacial score (nSPS) is 18.4. The van der Waals surface area contributed by atoms with Gasteiger partial charge >= 0.3 is 5.97 Å². The molecule has 0 saturated carbocycles. The van der Waals surface area contributed by atoms with E-state index in [1.54, 1.807) is 6.92 Å². The minimum Gasteiger partial charge on any atom is -0.489 e. The van der Waals surface area contributed by atoms with E-state index in [2.05, 4.69) is 15.2 Å². The molecule has 0 fully saturated rings. The molecule has 0 radical (unpaired) electrons. The number of carboxylic acids is 1. The molecule has 1 aromatic heterocycles. The third kappa shape index (κ3) is 4.19. The topological polar surface area (TPSA) is 97.8 Å². The number of benzene rings is 2. The Bertz CT molecular complexity index is 1180. The van der Waals surface area contributed by atoms with E-state index in [1.165, 1.54) is 0 Å². The average molecular weight is 431 g/mol. The number of aryl methyl sites for hydroxylation is 1. The number of carbonyl (C=O) groups is 1. The van der Waals surface area contributed by atoms with Crippen molar-refractivity contribution in [2.75, 3.05) is 0 Å². The van der Waals surface area contributed by atoms with Gasteiger partial charge in [-0.05, 0) is 25.5 Å². The molecule has 1 N–H and O–H groups in total. The highest BCUT2D eigenvalue weighted by molar-refractivity contribution is 6.05. The van der Waals surface area contributed by atoms with Crippen LogP contribution in [0.4, 0.5) is 0 Å². The lowest BCUT2D eigenvalue weighted by Crippen LogP contribution is -2.32. The number of hydrogen-bond donors (Lipinski definition) is 1. The van der Waals surface area contributed by atoms with Crippen LogP contribution in [0.2, 0.25) is 0 Å². The quantitative estimate of drug-likeness (QED) is 0.571. The van der Waals surface area contributed by atoms with E-state index >= 15 is 0 Å². The molecule has 2 unspecified atom stereocenters. The Labute approximate surface area is 186 Å². The average Bonchev–Trinajstić information content (AvgIpc) is 3.26. The van der Waals surface area contributed by atoms with Crippen molar-refractivity contribution < 1.29 is 19.1 Å². The van der Waals surface area contributed by atoms with Gasteiger partial charge in [-0.25, -0.2) is 0 Å². The molecular weight excluding hydrogens is 406 g/mol. The van der Waals surface area contributed by atoms with Gasteiger partial charge in [0.1, 0.15) is 18.3 Å². The van der Waals surface area contributed by atoms with Crippen molar-refractivity contribution in [3.63, 3.8) is 0 Å². The molecule has 0 amide bonds. The van der Waals surface area contributed by atoms with Crippen LogP contribution in [-0.4, -0.2) is 27.0 Å². The first kappa shape index (κ1) is 21.5. The zero-order valence-corrected chi connectivity index (χ0v) is 18.3. The van der Waals surface area contributed by atoms with Crippen molar-refractivity contribution in [3.8, 4) is 5.75 Å². The van der Waals surface area contributed by atoms with Crippen molar-refractivity contribution in [2.24, 2.45) is 10.9 Å². The van der Waals surface area contributed by atoms with Crippen LogP contribution in [0.25, 0.3) is 5.57 Å². The highest BCUT2D eigenvalue weighted by atomic mass is 16.5. The second-order valence-corrected chi connectivity index (χ2v) is 7.71. The Balaban J connectivity index is 1.81. The molecule has 0 bridgehead atoms. The fourth-order valence-corrected chi connectivity index (χ4v) is 4.08. The van der Waals surface area contributed by atoms with Crippen LogP contribution in [0.15, 0.2) is 69.7 Å². The SMILES string of the molecule is CCc1nnc(C2=C(C)N=C(C)C(C(=O)O)C2c2ccccc2OCc2ccccc2)o1. The molecule has 1 aliphatic rings. The van der Waals surface area contributed by atoms with Gasteiger partial charge in [-0.15, -0.1) is 10.2 Å². The van der Waals surface area contributed by atoms with Crippen LogP contribution in [-0.2, 0) is 17.8 Å². The molecule has 7 nitrogen and oxygen atoms in total. The summed E-state index contributed by atoms with van der Waals surface area (Å²) < 4.78 is 12.0. The third-order valence-electron chi connectivity index (χ3n) is 5.59. The number of aliphatic carboxylic acids is 1. The fraction of sp³-hybridized carbons (Fsp3) is 0.280. The van der Waals surface area contributed by atoms with Gasteiger partial charge in [0, 0.05) is 34.9 Å². The van der Waals surface area contributed by atoms with Crippen LogP contribution in [0.3, 0.4) is 0 Å². The Morgan fingerprint density at radius 2 is 1.78 bits per heavy atom. The van der Waals surface area contributed by atoms with E-state index in [0.29, 0.717) is 47.5 Å². The maximum atomic E-state index is 12.4. The van der Waals surface area contributed by atoms with E-state index in [1.807, 2.05) is 68.4 Å². The first-order valence-electron chi connectivity index (χ1n) is 10.6. The van der Waals surface area contributed by atoms with Crippen LogP contribution >= 0.6 is 0 Å². The summed E-state index contributed by atoms with van der Waals surface area (Å²) in [5.41, 5.74) is 3.57. The maximum absolute atomic E-state index is 12.4. The number of nitrogens with zero attached hydrogens (tertiary/aromatic N) is 3. The molecule has 2 aromatic carbocycles. The number of aromatic nitrogens is 2.